The number of unbranched alkanes of at least 4 members (excludes halogenated alkanes) is 8. The van der Waals surface area contributed by atoms with Crippen molar-refractivity contribution in [1.29, 1.82) is 0 Å². The third-order valence-corrected chi connectivity index (χ3v) is 4.82. The van der Waals surface area contributed by atoms with Crippen LogP contribution in [0.1, 0.15) is 84.5 Å². The number of rotatable bonds is 10. The molecule has 1 aliphatic heterocycles. The van der Waals surface area contributed by atoms with Crippen LogP contribution in [0.5, 0.6) is 0 Å². The Balaban J connectivity index is 1.96. The van der Waals surface area contributed by atoms with Gasteiger partial charge in [-0.25, -0.2) is 0 Å². The highest BCUT2D eigenvalue weighted by Gasteiger charge is 2.25. The Hall–Kier alpha value is -0.570. The van der Waals surface area contributed by atoms with Gasteiger partial charge in [0.05, 0.1) is 0 Å². The van der Waals surface area contributed by atoms with Gasteiger partial charge in [0.1, 0.15) is 0 Å². The molecule has 124 valence electrons. The Morgan fingerprint density at radius 2 is 1.62 bits per heavy atom. The number of likely N-dealkylation sites (tertiary alicyclic amines) is 1. The molecule has 3 nitrogen and oxygen atoms in total. The molecule has 1 heterocycles. The smallest absolute Gasteiger partial charge is 0.222 e. The largest absolute Gasteiger partial charge is 0.342 e. The number of carbonyl (C=O) groups is 1. The summed E-state index contributed by atoms with van der Waals surface area (Å²) in [6.45, 7) is 6.13. The van der Waals surface area contributed by atoms with E-state index in [1.807, 2.05) is 4.90 Å². The zero-order chi connectivity index (χ0) is 15.5. The zero-order valence-corrected chi connectivity index (χ0v) is 14.3. The summed E-state index contributed by atoms with van der Waals surface area (Å²) in [6, 6.07) is 0.279. The van der Waals surface area contributed by atoms with Gasteiger partial charge in [-0.1, -0.05) is 65.2 Å². The van der Waals surface area contributed by atoms with Gasteiger partial charge >= 0.3 is 0 Å². The number of hydrogen-bond donors (Lipinski definition) is 1. The molecule has 1 fully saturated rings. The van der Waals surface area contributed by atoms with E-state index in [-0.39, 0.29) is 6.04 Å². The lowest BCUT2D eigenvalue weighted by molar-refractivity contribution is -0.133. The minimum atomic E-state index is 0.279. The quantitative estimate of drug-likeness (QED) is 0.617. The first-order valence-electron chi connectivity index (χ1n) is 9.18. The third kappa shape index (κ3) is 7.85. The highest BCUT2D eigenvalue weighted by Crippen LogP contribution is 2.17. The van der Waals surface area contributed by atoms with E-state index in [4.69, 9.17) is 5.73 Å². The first-order chi connectivity index (χ1) is 10.1. The summed E-state index contributed by atoms with van der Waals surface area (Å²) >= 11 is 0. The van der Waals surface area contributed by atoms with Crippen molar-refractivity contribution in [3.8, 4) is 0 Å². The minimum Gasteiger partial charge on any atom is -0.342 e. The fraction of sp³-hybridized carbons (Fsp3) is 0.944. The topological polar surface area (TPSA) is 46.3 Å². The van der Waals surface area contributed by atoms with Crippen molar-refractivity contribution in [2.75, 3.05) is 13.1 Å². The number of nitrogens with two attached hydrogens (primary N) is 1. The minimum absolute atomic E-state index is 0.279. The van der Waals surface area contributed by atoms with Gasteiger partial charge in [0, 0.05) is 25.6 Å². The summed E-state index contributed by atoms with van der Waals surface area (Å²) < 4.78 is 0. The van der Waals surface area contributed by atoms with Gasteiger partial charge in [0.25, 0.3) is 0 Å². The van der Waals surface area contributed by atoms with Gasteiger partial charge in [-0.05, 0) is 18.8 Å². The molecule has 0 aliphatic carbocycles. The molecule has 0 saturated carbocycles. The summed E-state index contributed by atoms with van der Waals surface area (Å²) in [6.07, 6.45) is 13.5. The lowest BCUT2D eigenvalue weighted by atomic mass is 9.94. The standard InChI is InChI=1S/C18H36N2O/c1-3-4-5-6-7-8-9-10-11-12-18(21)20-14-13-17(19)16(2)15-20/h16-17H,3-15,19H2,1-2H3. The Morgan fingerprint density at radius 3 is 2.19 bits per heavy atom. The Kier molecular flexibility index (Phi) is 9.73. The number of piperidine rings is 1. The molecular formula is C18H36N2O. The third-order valence-electron chi connectivity index (χ3n) is 4.82. The summed E-state index contributed by atoms with van der Waals surface area (Å²) in [5, 5.41) is 0. The maximum atomic E-state index is 12.1. The Morgan fingerprint density at radius 1 is 1.05 bits per heavy atom. The Bertz CT molecular complexity index is 280. The molecule has 2 unspecified atom stereocenters. The molecule has 3 heteroatoms. The van der Waals surface area contributed by atoms with Gasteiger partial charge in [-0.3, -0.25) is 4.79 Å². The predicted octanol–water partition coefficient (Wildman–Crippen LogP) is 4.10. The van der Waals surface area contributed by atoms with Crippen LogP contribution in [0.4, 0.5) is 0 Å². The fourth-order valence-corrected chi connectivity index (χ4v) is 3.14. The van der Waals surface area contributed by atoms with Gasteiger partial charge in [-0.15, -0.1) is 0 Å². The molecule has 0 aromatic heterocycles. The second-order valence-corrected chi connectivity index (χ2v) is 6.85. The summed E-state index contributed by atoms with van der Waals surface area (Å²) in [5.74, 6) is 0.794. The maximum absolute atomic E-state index is 12.1. The SMILES string of the molecule is CCCCCCCCCCCC(=O)N1CCC(N)C(C)C1. The lowest BCUT2D eigenvalue weighted by Crippen LogP contribution is -2.48. The predicted molar refractivity (Wildman–Crippen MR) is 90.2 cm³/mol. The normalized spacial score (nSPS) is 22.5. The van der Waals surface area contributed by atoms with Gasteiger partial charge in [0.15, 0.2) is 0 Å². The highest BCUT2D eigenvalue weighted by molar-refractivity contribution is 5.76. The van der Waals surface area contributed by atoms with Crippen molar-refractivity contribution in [3.05, 3.63) is 0 Å². The average molecular weight is 296 g/mol. The molecule has 0 radical (unpaired) electrons. The molecule has 1 aliphatic rings. The van der Waals surface area contributed by atoms with Crippen molar-refractivity contribution >= 4 is 5.91 Å². The van der Waals surface area contributed by atoms with Crippen LogP contribution in [0.15, 0.2) is 0 Å². The van der Waals surface area contributed by atoms with E-state index in [1.54, 1.807) is 0 Å². The first kappa shape index (κ1) is 18.5. The van der Waals surface area contributed by atoms with E-state index in [2.05, 4.69) is 13.8 Å². The summed E-state index contributed by atoms with van der Waals surface area (Å²) in [4.78, 5) is 14.2. The molecule has 2 N–H and O–H groups in total. The van der Waals surface area contributed by atoms with E-state index in [9.17, 15) is 4.79 Å². The van der Waals surface area contributed by atoms with Crippen LogP contribution in [-0.4, -0.2) is 29.9 Å². The molecule has 1 amide bonds. The van der Waals surface area contributed by atoms with E-state index < -0.39 is 0 Å². The maximum Gasteiger partial charge on any atom is 0.222 e. The van der Waals surface area contributed by atoms with Crippen LogP contribution in [-0.2, 0) is 4.79 Å². The van der Waals surface area contributed by atoms with Crippen LogP contribution in [0.2, 0.25) is 0 Å². The second-order valence-electron chi connectivity index (χ2n) is 6.85. The second kappa shape index (κ2) is 11.1. The van der Waals surface area contributed by atoms with Crippen LogP contribution >= 0.6 is 0 Å². The van der Waals surface area contributed by atoms with Gasteiger partial charge in [0.2, 0.25) is 5.91 Å². The monoisotopic (exact) mass is 296 g/mol. The molecule has 1 saturated heterocycles. The molecule has 21 heavy (non-hydrogen) atoms. The molecule has 0 spiro atoms. The Labute approximate surface area is 131 Å². The van der Waals surface area contributed by atoms with E-state index in [0.717, 1.165) is 32.4 Å². The zero-order valence-electron chi connectivity index (χ0n) is 14.3. The molecule has 0 aromatic rings. The molecular weight excluding hydrogens is 260 g/mol. The van der Waals surface area contributed by atoms with E-state index in [1.165, 1.54) is 51.4 Å². The summed E-state index contributed by atoms with van der Waals surface area (Å²) in [7, 11) is 0. The van der Waals surface area contributed by atoms with Gasteiger partial charge in [-0.2, -0.15) is 0 Å². The number of amides is 1. The van der Waals surface area contributed by atoms with E-state index in [0.29, 0.717) is 11.8 Å². The highest BCUT2D eigenvalue weighted by atomic mass is 16.2. The fourth-order valence-electron chi connectivity index (χ4n) is 3.14. The average Bonchev–Trinajstić information content (AvgIpc) is 2.48. The number of carbonyl (C=O) groups excluding carboxylic acids is 1. The first-order valence-corrected chi connectivity index (χ1v) is 9.18. The number of hydrogen-bond acceptors (Lipinski definition) is 2. The van der Waals surface area contributed by atoms with Crippen LogP contribution < -0.4 is 5.73 Å². The van der Waals surface area contributed by atoms with Crippen molar-refractivity contribution < 1.29 is 4.79 Å². The number of nitrogens with zero attached hydrogens (tertiary/aromatic N) is 1. The van der Waals surface area contributed by atoms with E-state index >= 15 is 0 Å². The van der Waals surface area contributed by atoms with Crippen LogP contribution in [0, 0.1) is 5.92 Å². The summed E-state index contributed by atoms with van der Waals surface area (Å²) in [5.41, 5.74) is 6.00. The molecule has 0 bridgehead atoms. The lowest BCUT2D eigenvalue weighted by Gasteiger charge is -2.35. The van der Waals surface area contributed by atoms with Crippen molar-refractivity contribution in [2.45, 2.75) is 90.5 Å². The van der Waals surface area contributed by atoms with Crippen LogP contribution in [0.3, 0.4) is 0 Å². The van der Waals surface area contributed by atoms with Crippen LogP contribution in [0.25, 0.3) is 0 Å². The van der Waals surface area contributed by atoms with Gasteiger partial charge < -0.3 is 10.6 Å². The van der Waals surface area contributed by atoms with Crippen molar-refractivity contribution in [2.24, 2.45) is 11.7 Å². The molecule has 0 aromatic carbocycles. The molecule has 1 rings (SSSR count). The van der Waals surface area contributed by atoms with Crippen molar-refractivity contribution in [1.82, 2.24) is 4.90 Å². The van der Waals surface area contributed by atoms with Crippen molar-refractivity contribution in [3.63, 3.8) is 0 Å². The molecule has 2 atom stereocenters.